The molecule has 1 atom stereocenters. The Labute approximate surface area is 183 Å². The minimum Gasteiger partial charge on any atom is -0.369 e. The molecule has 0 aliphatic carbocycles. The molecule has 2 heterocycles. The number of rotatable bonds is 7. The van der Waals surface area contributed by atoms with Gasteiger partial charge in [-0.15, -0.1) is 24.0 Å². The molecular weight excluding hydrogens is 475 g/mol. The van der Waals surface area contributed by atoms with Gasteiger partial charge < -0.3 is 20.1 Å². The van der Waals surface area contributed by atoms with E-state index in [1.807, 2.05) is 30.7 Å². The molecule has 1 aromatic carbocycles. The molecule has 0 saturated carbocycles. The van der Waals surface area contributed by atoms with Gasteiger partial charge in [0.2, 0.25) is 0 Å². The van der Waals surface area contributed by atoms with E-state index in [-0.39, 0.29) is 24.0 Å². The molecule has 148 valence electrons. The van der Waals surface area contributed by atoms with Crippen molar-refractivity contribution in [2.75, 3.05) is 31.1 Å². The molecule has 0 radical (unpaired) electrons. The maximum absolute atomic E-state index is 6.12. The second-order valence-electron chi connectivity index (χ2n) is 6.47. The monoisotopic (exact) mass is 502 g/mol. The van der Waals surface area contributed by atoms with Crippen LogP contribution in [0.3, 0.4) is 0 Å². The highest BCUT2D eigenvalue weighted by atomic mass is 127. The Morgan fingerprint density at radius 1 is 1.41 bits per heavy atom. The van der Waals surface area contributed by atoms with Crippen molar-refractivity contribution in [3.63, 3.8) is 0 Å². The van der Waals surface area contributed by atoms with Crippen LogP contribution in [0.2, 0.25) is 5.02 Å². The number of benzene rings is 1. The van der Waals surface area contributed by atoms with E-state index in [0.29, 0.717) is 6.04 Å². The summed E-state index contributed by atoms with van der Waals surface area (Å²) in [5.41, 5.74) is 1.18. The molecule has 1 saturated heterocycles. The molecule has 1 aliphatic heterocycles. The highest BCUT2D eigenvalue weighted by molar-refractivity contribution is 14.0. The van der Waals surface area contributed by atoms with Crippen molar-refractivity contribution in [3.05, 3.63) is 48.0 Å². The third kappa shape index (κ3) is 6.88. The van der Waals surface area contributed by atoms with E-state index < -0.39 is 0 Å². The zero-order chi connectivity index (χ0) is 18.2. The van der Waals surface area contributed by atoms with Gasteiger partial charge in [-0.3, -0.25) is 4.99 Å². The van der Waals surface area contributed by atoms with Crippen LogP contribution in [0.4, 0.5) is 5.69 Å². The smallest absolute Gasteiger partial charge is 0.191 e. The minimum absolute atomic E-state index is 0. The second kappa shape index (κ2) is 11.4. The molecule has 0 amide bonds. The first-order chi connectivity index (χ1) is 12.7. The number of halogens is 2. The lowest BCUT2D eigenvalue weighted by atomic mass is 10.2. The van der Waals surface area contributed by atoms with Crippen LogP contribution in [0.15, 0.2) is 48.0 Å². The lowest BCUT2D eigenvalue weighted by Gasteiger charge is -2.20. The number of hydrogen-bond acceptors (Lipinski definition) is 3. The fraction of sp³-hybridized carbons (Fsp3) is 0.474. The first-order valence-electron chi connectivity index (χ1n) is 9.25. The van der Waals surface area contributed by atoms with Crippen molar-refractivity contribution in [2.45, 2.75) is 32.4 Å². The summed E-state index contributed by atoms with van der Waals surface area (Å²) >= 11 is 6.12. The van der Waals surface area contributed by atoms with Crippen LogP contribution in [0.5, 0.6) is 0 Å². The number of nitrogens with one attached hydrogen (secondary N) is 2. The molecule has 0 spiro atoms. The minimum atomic E-state index is 0. The summed E-state index contributed by atoms with van der Waals surface area (Å²) < 4.78 is 2.08. The Balaban J connectivity index is 0.00000261. The van der Waals surface area contributed by atoms with E-state index >= 15 is 0 Å². The van der Waals surface area contributed by atoms with Gasteiger partial charge in [-0.2, -0.15) is 0 Å². The molecule has 6 nitrogen and oxygen atoms in total. The summed E-state index contributed by atoms with van der Waals surface area (Å²) in [6, 6.07) is 8.45. The van der Waals surface area contributed by atoms with Crippen molar-refractivity contribution in [1.29, 1.82) is 0 Å². The number of imidazole rings is 1. The highest BCUT2D eigenvalue weighted by Gasteiger charge is 2.23. The molecule has 27 heavy (non-hydrogen) atoms. The summed E-state index contributed by atoms with van der Waals surface area (Å²) in [6.07, 6.45) is 7.71. The summed E-state index contributed by atoms with van der Waals surface area (Å²) in [5, 5.41) is 7.70. The molecule has 1 aromatic heterocycles. The normalized spacial score (nSPS) is 16.9. The van der Waals surface area contributed by atoms with E-state index in [2.05, 4.69) is 38.1 Å². The van der Waals surface area contributed by atoms with Gasteiger partial charge >= 0.3 is 0 Å². The third-order valence-electron chi connectivity index (χ3n) is 4.45. The fourth-order valence-electron chi connectivity index (χ4n) is 3.16. The predicted octanol–water partition coefficient (Wildman–Crippen LogP) is 3.38. The van der Waals surface area contributed by atoms with Gasteiger partial charge in [0.05, 0.1) is 6.33 Å². The van der Waals surface area contributed by atoms with E-state index in [4.69, 9.17) is 16.6 Å². The van der Waals surface area contributed by atoms with E-state index in [1.54, 1.807) is 6.20 Å². The van der Waals surface area contributed by atoms with E-state index in [0.717, 1.165) is 56.5 Å². The second-order valence-corrected chi connectivity index (χ2v) is 6.91. The lowest BCUT2D eigenvalue weighted by Crippen LogP contribution is -2.44. The van der Waals surface area contributed by atoms with Crippen LogP contribution in [-0.2, 0) is 6.54 Å². The summed E-state index contributed by atoms with van der Waals surface area (Å²) in [7, 11) is 0. The number of aliphatic imine (C=N–C) groups is 1. The molecule has 1 fully saturated rings. The average molecular weight is 503 g/mol. The van der Waals surface area contributed by atoms with Gasteiger partial charge in [0.15, 0.2) is 5.96 Å². The van der Waals surface area contributed by atoms with Gasteiger partial charge in [-0.05, 0) is 38.0 Å². The van der Waals surface area contributed by atoms with Gasteiger partial charge in [-0.25, -0.2) is 4.98 Å². The maximum atomic E-state index is 6.12. The first-order valence-corrected chi connectivity index (χ1v) is 9.63. The largest absolute Gasteiger partial charge is 0.369 e. The van der Waals surface area contributed by atoms with E-state index in [9.17, 15) is 0 Å². The van der Waals surface area contributed by atoms with E-state index in [1.165, 1.54) is 5.69 Å². The maximum Gasteiger partial charge on any atom is 0.191 e. The predicted molar refractivity (Wildman–Crippen MR) is 123 cm³/mol. The molecule has 3 rings (SSSR count). The number of guanidine groups is 1. The van der Waals surface area contributed by atoms with Gasteiger partial charge in [0.1, 0.15) is 0 Å². The molecule has 2 N–H and O–H groups in total. The van der Waals surface area contributed by atoms with Crippen LogP contribution in [0, 0.1) is 0 Å². The first kappa shape index (κ1) is 21.8. The number of aromatic nitrogens is 2. The van der Waals surface area contributed by atoms with Crippen LogP contribution in [0.1, 0.15) is 19.8 Å². The molecule has 8 heteroatoms. The highest BCUT2D eigenvalue weighted by Crippen LogP contribution is 2.23. The van der Waals surface area contributed by atoms with Crippen LogP contribution >= 0.6 is 35.6 Å². The van der Waals surface area contributed by atoms with Crippen molar-refractivity contribution in [1.82, 2.24) is 20.2 Å². The SMILES string of the molecule is CCNC(=NCCCn1ccnc1)NC1CCN(c2cccc(Cl)c2)C1.I. The summed E-state index contributed by atoms with van der Waals surface area (Å²) in [4.78, 5) is 11.1. The van der Waals surface area contributed by atoms with Crippen LogP contribution in [0.25, 0.3) is 0 Å². The van der Waals surface area contributed by atoms with Gasteiger partial charge in [0.25, 0.3) is 0 Å². The Bertz CT molecular complexity index is 706. The molecular formula is C19H28ClIN6. The fourth-order valence-corrected chi connectivity index (χ4v) is 3.35. The topological polar surface area (TPSA) is 57.5 Å². The molecule has 1 aliphatic rings. The third-order valence-corrected chi connectivity index (χ3v) is 4.69. The summed E-state index contributed by atoms with van der Waals surface area (Å²) in [5.74, 6) is 0.899. The van der Waals surface area contributed by atoms with Gasteiger partial charge in [-0.1, -0.05) is 17.7 Å². The Morgan fingerprint density at radius 2 is 2.30 bits per heavy atom. The Hall–Kier alpha value is -1.48. The quantitative estimate of drug-likeness (QED) is 0.264. The average Bonchev–Trinajstić information content (AvgIpc) is 3.31. The Kier molecular flexibility index (Phi) is 9.20. The number of aryl methyl sites for hydroxylation is 1. The van der Waals surface area contributed by atoms with Crippen molar-refractivity contribution < 1.29 is 0 Å². The van der Waals surface area contributed by atoms with Crippen LogP contribution < -0.4 is 15.5 Å². The zero-order valence-electron chi connectivity index (χ0n) is 15.6. The van der Waals surface area contributed by atoms with Crippen molar-refractivity contribution in [2.24, 2.45) is 4.99 Å². The Morgan fingerprint density at radius 3 is 3.04 bits per heavy atom. The number of nitrogens with zero attached hydrogens (tertiary/aromatic N) is 4. The lowest BCUT2D eigenvalue weighted by molar-refractivity contribution is 0.630. The number of anilines is 1. The van der Waals surface area contributed by atoms with Crippen molar-refractivity contribution >= 4 is 47.2 Å². The van der Waals surface area contributed by atoms with Gasteiger partial charge in [0, 0.05) is 61.9 Å². The number of hydrogen-bond donors (Lipinski definition) is 2. The molecule has 0 bridgehead atoms. The molecule has 1 unspecified atom stereocenters. The standard InChI is InChI=1S/C19H27ClN6.HI/c1-2-22-19(23-8-4-10-25-12-9-21-15-25)24-17-7-11-26(14-17)18-6-3-5-16(20)13-18;/h3,5-6,9,12-13,15,17H,2,4,7-8,10-11,14H2,1H3,(H2,22,23,24);1H. The summed E-state index contributed by atoms with van der Waals surface area (Å²) in [6.45, 7) is 6.67. The van der Waals surface area contributed by atoms with Crippen LogP contribution in [-0.4, -0.2) is 47.7 Å². The zero-order valence-corrected chi connectivity index (χ0v) is 18.7. The van der Waals surface area contributed by atoms with Crippen molar-refractivity contribution in [3.8, 4) is 0 Å². The molecule has 2 aromatic rings.